The van der Waals surface area contributed by atoms with E-state index in [0.29, 0.717) is 31.2 Å². The molecule has 1 aliphatic heterocycles. The summed E-state index contributed by atoms with van der Waals surface area (Å²) in [6, 6.07) is 0.421. The molecule has 3 unspecified atom stereocenters. The molecule has 0 spiro atoms. The summed E-state index contributed by atoms with van der Waals surface area (Å²) < 4.78 is 34.2. The summed E-state index contributed by atoms with van der Waals surface area (Å²) in [6.45, 7) is 5.73. The monoisotopic (exact) mass is 249 g/mol. The van der Waals surface area contributed by atoms with Crippen LogP contribution in [0.5, 0.6) is 0 Å². The van der Waals surface area contributed by atoms with Crippen LogP contribution in [0.25, 0.3) is 0 Å². The van der Waals surface area contributed by atoms with Crippen molar-refractivity contribution in [3.63, 3.8) is 0 Å². The van der Waals surface area contributed by atoms with Crippen LogP contribution in [0.4, 0.5) is 8.78 Å². The fraction of sp³-hybridized carbons (Fsp3) is 1.00. The maximum absolute atomic E-state index is 11.8. The molecule has 1 saturated heterocycles. The summed E-state index contributed by atoms with van der Waals surface area (Å²) in [5.41, 5.74) is 0.143. The fourth-order valence-corrected chi connectivity index (χ4v) is 3.20. The number of alkyl halides is 2. The van der Waals surface area contributed by atoms with Gasteiger partial charge in [0.1, 0.15) is 6.61 Å². The zero-order chi connectivity index (χ0) is 12.5. The minimum atomic E-state index is -2.37. The van der Waals surface area contributed by atoms with Crippen LogP contribution < -0.4 is 5.32 Å². The Balaban J connectivity index is 1.66. The van der Waals surface area contributed by atoms with Crippen molar-refractivity contribution in [2.45, 2.75) is 38.8 Å². The van der Waals surface area contributed by atoms with E-state index in [2.05, 4.69) is 19.2 Å². The van der Waals surface area contributed by atoms with E-state index in [9.17, 15) is 8.78 Å². The minimum absolute atomic E-state index is 0.143. The lowest BCUT2D eigenvalue weighted by molar-refractivity contribution is -0.113. The Kier molecular flexibility index (Phi) is 4.00. The van der Waals surface area contributed by atoms with Gasteiger partial charge in [0.05, 0.1) is 12.7 Å². The highest BCUT2D eigenvalue weighted by Crippen LogP contribution is 2.51. The van der Waals surface area contributed by atoms with Crippen LogP contribution in [0, 0.1) is 11.3 Å². The largest absolute Gasteiger partial charge is 0.377 e. The molecule has 0 radical (unpaired) electrons. The molecule has 3 atom stereocenters. The lowest BCUT2D eigenvalue weighted by Gasteiger charge is -2.55. The van der Waals surface area contributed by atoms with Crippen LogP contribution in [0.2, 0.25) is 0 Å². The maximum Gasteiger partial charge on any atom is 0.261 e. The molecular weight excluding hydrogens is 228 g/mol. The van der Waals surface area contributed by atoms with Crippen LogP contribution in [-0.2, 0) is 9.47 Å². The van der Waals surface area contributed by atoms with Crippen molar-refractivity contribution in [3.8, 4) is 0 Å². The van der Waals surface area contributed by atoms with Crippen LogP contribution >= 0.6 is 0 Å². The second-order valence-electron chi connectivity index (χ2n) is 5.46. The van der Waals surface area contributed by atoms with Gasteiger partial charge in [0.15, 0.2) is 0 Å². The van der Waals surface area contributed by atoms with E-state index in [1.807, 2.05) is 0 Å². The standard InChI is InChI=1S/C12H21F2NO2/c1-12(2)10(8-3-5-17-11(8)12)15-4-6-16-7-9(13)14/h8-11,15H,3-7H2,1-2H3. The number of halogens is 2. The van der Waals surface area contributed by atoms with Gasteiger partial charge in [-0.3, -0.25) is 0 Å². The minimum Gasteiger partial charge on any atom is -0.377 e. The highest BCUT2D eigenvalue weighted by Gasteiger charge is 2.58. The van der Waals surface area contributed by atoms with Crippen molar-refractivity contribution in [3.05, 3.63) is 0 Å². The zero-order valence-electron chi connectivity index (χ0n) is 10.4. The van der Waals surface area contributed by atoms with Crippen LogP contribution in [-0.4, -0.2) is 44.9 Å². The average Bonchev–Trinajstić information content (AvgIpc) is 2.69. The summed E-state index contributed by atoms with van der Waals surface area (Å²) in [7, 11) is 0. The molecule has 17 heavy (non-hydrogen) atoms. The van der Waals surface area contributed by atoms with E-state index in [4.69, 9.17) is 9.47 Å². The smallest absolute Gasteiger partial charge is 0.261 e. The van der Waals surface area contributed by atoms with E-state index in [1.165, 1.54) is 0 Å². The first-order valence-electron chi connectivity index (χ1n) is 6.24. The first kappa shape index (κ1) is 13.2. The van der Waals surface area contributed by atoms with E-state index in [-0.39, 0.29) is 5.41 Å². The van der Waals surface area contributed by atoms with Crippen LogP contribution in [0.1, 0.15) is 20.3 Å². The van der Waals surface area contributed by atoms with Crippen molar-refractivity contribution >= 4 is 0 Å². The summed E-state index contributed by atoms with van der Waals surface area (Å²) in [4.78, 5) is 0. The van der Waals surface area contributed by atoms with Gasteiger partial charge in [-0.25, -0.2) is 8.78 Å². The molecule has 0 aromatic carbocycles. The molecule has 1 heterocycles. The molecule has 2 rings (SSSR count). The van der Waals surface area contributed by atoms with Crippen molar-refractivity contribution in [1.29, 1.82) is 0 Å². The Labute approximate surface area is 101 Å². The highest BCUT2D eigenvalue weighted by molar-refractivity contribution is 5.11. The molecule has 2 fully saturated rings. The summed E-state index contributed by atoms with van der Waals surface area (Å²) in [5, 5.41) is 3.40. The lowest BCUT2D eigenvalue weighted by Crippen LogP contribution is -2.66. The predicted octanol–water partition coefficient (Wildman–Crippen LogP) is 1.67. The van der Waals surface area contributed by atoms with Gasteiger partial charge in [-0.05, 0) is 6.42 Å². The molecule has 3 nitrogen and oxygen atoms in total. The van der Waals surface area contributed by atoms with Crippen molar-refractivity contribution in [2.75, 3.05) is 26.4 Å². The number of ether oxygens (including phenoxy) is 2. The highest BCUT2D eigenvalue weighted by atomic mass is 19.3. The number of fused-ring (bicyclic) bond motifs is 1. The molecular formula is C12H21F2NO2. The molecule has 0 aromatic rings. The predicted molar refractivity (Wildman–Crippen MR) is 60.2 cm³/mol. The Hall–Kier alpha value is -0.260. The Morgan fingerprint density at radius 2 is 2.24 bits per heavy atom. The Bertz CT molecular complexity index is 261. The number of rotatable bonds is 6. The third-order valence-electron chi connectivity index (χ3n) is 3.95. The normalized spacial score (nSPS) is 34.8. The average molecular weight is 249 g/mol. The Morgan fingerprint density at radius 3 is 2.94 bits per heavy atom. The quantitative estimate of drug-likeness (QED) is 0.726. The third kappa shape index (κ3) is 2.61. The summed E-state index contributed by atoms with van der Waals surface area (Å²) >= 11 is 0. The van der Waals surface area contributed by atoms with E-state index < -0.39 is 13.0 Å². The zero-order valence-corrected chi connectivity index (χ0v) is 10.4. The second kappa shape index (κ2) is 5.16. The first-order valence-corrected chi connectivity index (χ1v) is 6.24. The molecule has 100 valence electrons. The van der Waals surface area contributed by atoms with Crippen LogP contribution in [0.3, 0.4) is 0 Å². The van der Waals surface area contributed by atoms with Gasteiger partial charge in [-0.15, -0.1) is 0 Å². The van der Waals surface area contributed by atoms with Gasteiger partial charge in [0.2, 0.25) is 0 Å². The number of hydrogen-bond donors (Lipinski definition) is 1. The molecule has 0 amide bonds. The van der Waals surface area contributed by atoms with Crippen molar-refractivity contribution < 1.29 is 18.3 Å². The number of hydrogen-bond acceptors (Lipinski definition) is 3. The summed E-state index contributed by atoms with van der Waals surface area (Å²) in [5.74, 6) is 0.583. The van der Waals surface area contributed by atoms with Gasteiger partial charge in [0.25, 0.3) is 6.43 Å². The number of nitrogens with one attached hydrogen (secondary N) is 1. The lowest BCUT2D eigenvalue weighted by atomic mass is 9.57. The molecule has 1 N–H and O–H groups in total. The first-order chi connectivity index (χ1) is 8.03. The SMILES string of the molecule is CC1(C)C(NCCOCC(F)F)C2CCOC21. The van der Waals surface area contributed by atoms with Crippen molar-refractivity contribution in [1.82, 2.24) is 5.32 Å². The second-order valence-corrected chi connectivity index (χ2v) is 5.46. The van der Waals surface area contributed by atoms with Gasteiger partial charge >= 0.3 is 0 Å². The fourth-order valence-electron chi connectivity index (χ4n) is 3.20. The van der Waals surface area contributed by atoms with Gasteiger partial charge in [-0.2, -0.15) is 0 Å². The molecule has 1 saturated carbocycles. The molecule has 0 aromatic heterocycles. The van der Waals surface area contributed by atoms with Gasteiger partial charge < -0.3 is 14.8 Å². The molecule has 2 aliphatic rings. The van der Waals surface area contributed by atoms with Gasteiger partial charge in [0, 0.05) is 30.5 Å². The van der Waals surface area contributed by atoms with E-state index in [0.717, 1.165) is 13.0 Å². The van der Waals surface area contributed by atoms with Crippen LogP contribution in [0.15, 0.2) is 0 Å². The van der Waals surface area contributed by atoms with E-state index >= 15 is 0 Å². The summed E-state index contributed by atoms with van der Waals surface area (Å²) in [6.07, 6.45) is -0.909. The molecule has 5 heteroatoms. The molecule has 1 aliphatic carbocycles. The maximum atomic E-state index is 11.8. The topological polar surface area (TPSA) is 30.5 Å². The molecule has 0 bridgehead atoms. The van der Waals surface area contributed by atoms with E-state index in [1.54, 1.807) is 0 Å². The third-order valence-corrected chi connectivity index (χ3v) is 3.95. The van der Waals surface area contributed by atoms with Crippen molar-refractivity contribution in [2.24, 2.45) is 11.3 Å². The van der Waals surface area contributed by atoms with Gasteiger partial charge in [-0.1, -0.05) is 13.8 Å². The Morgan fingerprint density at radius 1 is 1.47 bits per heavy atom.